The van der Waals surface area contributed by atoms with E-state index in [0.29, 0.717) is 16.3 Å². The van der Waals surface area contributed by atoms with Gasteiger partial charge in [0.1, 0.15) is 0 Å². The molecule has 100 valence electrons. The number of nitrogens with two attached hydrogens (primary N) is 1. The van der Waals surface area contributed by atoms with Crippen molar-refractivity contribution in [2.24, 2.45) is 5.73 Å². The molecule has 0 spiro atoms. The highest BCUT2D eigenvalue weighted by Gasteiger charge is 2.34. The number of allylic oxidation sites excluding steroid dienone is 1. The summed E-state index contributed by atoms with van der Waals surface area (Å²) in [4.78, 5) is 14.3. The van der Waals surface area contributed by atoms with Crippen LogP contribution >= 0.6 is 11.6 Å². The fraction of sp³-hybridized carbons (Fsp3) is 0.0625. The van der Waals surface area contributed by atoms with Gasteiger partial charge in [-0.1, -0.05) is 35.9 Å². The van der Waals surface area contributed by atoms with Crippen molar-refractivity contribution in [2.45, 2.75) is 6.92 Å². The highest BCUT2D eigenvalue weighted by Crippen LogP contribution is 2.43. The molecule has 4 heteroatoms. The van der Waals surface area contributed by atoms with Crippen LogP contribution in [0.5, 0.6) is 0 Å². The van der Waals surface area contributed by atoms with E-state index >= 15 is 0 Å². The molecule has 3 nitrogen and oxygen atoms in total. The molecular formula is C16H13ClN2O. The zero-order valence-corrected chi connectivity index (χ0v) is 11.7. The van der Waals surface area contributed by atoms with Gasteiger partial charge in [-0.15, -0.1) is 0 Å². The Morgan fingerprint density at radius 2 is 1.85 bits per heavy atom. The van der Waals surface area contributed by atoms with Crippen molar-refractivity contribution < 1.29 is 4.79 Å². The van der Waals surface area contributed by atoms with Crippen LogP contribution in [0.25, 0.3) is 5.57 Å². The number of carbonyl (C=O) groups is 1. The van der Waals surface area contributed by atoms with E-state index in [2.05, 4.69) is 0 Å². The van der Waals surface area contributed by atoms with Gasteiger partial charge in [0.05, 0.1) is 11.3 Å². The van der Waals surface area contributed by atoms with Crippen molar-refractivity contribution in [2.75, 3.05) is 4.90 Å². The van der Waals surface area contributed by atoms with Crippen molar-refractivity contribution in [3.8, 4) is 0 Å². The van der Waals surface area contributed by atoms with Crippen LogP contribution in [0.1, 0.15) is 12.5 Å². The molecule has 2 aromatic carbocycles. The van der Waals surface area contributed by atoms with Crippen LogP contribution in [0, 0.1) is 0 Å². The Labute approximate surface area is 122 Å². The van der Waals surface area contributed by atoms with Gasteiger partial charge >= 0.3 is 0 Å². The third kappa shape index (κ3) is 1.87. The van der Waals surface area contributed by atoms with E-state index in [1.165, 1.54) is 0 Å². The number of halogens is 1. The van der Waals surface area contributed by atoms with E-state index in [4.69, 9.17) is 17.3 Å². The standard InChI is InChI=1S/C16H13ClN2O/c1-10(18)15-13-8-7-11(17)9-14(13)19(16(15)20)12-5-3-2-4-6-12/h2-9H,18H2,1H3/b15-10+. The van der Waals surface area contributed by atoms with Gasteiger partial charge in [0, 0.05) is 22.0 Å². The largest absolute Gasteiger partial charge is 0.402 e. The van der Waals surface area contributed by atoms with Crippen LogP contribution in [0.15, 0.2) is 54.2 Å². The minimum atomic E-state index is -0.117. The zero-order chi connectivity index (χ0) is 14.3. The number of hydrogen-bond donors (Lipinski definition) is 1. The lowest BCUT2D eigenvalue weighted by Gasteiger charge is -2.17. The molecule has 20 heavy (non-hydrogen) atoms. The molecule has 0 unspecified atom stereocenters. The maximum Gasteiger partial charge on any atom is 0.265 e. The van der Waals surface area contributed by atoms with E-state index in [1.807, 2.05) is 36.4 Å². The van der Waals surface area contributed by atoms with Crippen LogP contribution in [-0.4, -0.2) is 5.91 Å². The summed E-state index contributed by atoms with van der Waals surface area (Å²) in [5.74, 6) is -0.117. The minimum Gasteiger partial charge on any atom is -0.402 e. The summed E-state index contributed by atoms with van der Waals surface area (Å²) in [5, 5.41) is 0.591. The van der Waals surface area contributed by atoms with Crippen LogP contribution < -0.4 is 10.6 Å². The quantitative estimate of drug-likeness (QED) is 0.812. The second-order valence-corrected chi connectivity index (χ2v) is 5.13. The van der Waals surface area contributed by atoms with Gasteiger partial charge in [-0.25, -0.2) is 0 Å². The van der Waals surface area contributed by atoms with Gasteiger partial charge in [-0.05, 0) is 31.2 Å². The molecule has 0 fully saturated rings. The van der Waals surface area contributed by atoms with Gasteiger partial charge in [-0.2, -0.15) is 0 Å². The van der Waals surface area contributed by atoms with Crippen molar-refractivity contribution in [1.82, 2.24) is 0 Å². The predicted molar refractivity (Wildman–Crippen MR) is 81.8 cm³/mol. The Morgan fingerprint density at radius 1 is 1.15 bits per heavy atom. The fourth-order valence-electron chi connectivity index (χ4n) is 2.45. The molecule has 0 saturated heterocycles. The van der Waals surface area contributed by atoms with Crippen LogP contribution in [-0.2, 0) is 4.79 Å². The molecule has 0 aromatic heterocycles. The Hall–Kier alpha value is -2.26. The summed E-state index contributed by atoms with van der Waals surface area (Å²) in [5.41, 5.74) is 9.33. The van der Waals surface area contributed by atoms with Crippen molar-refractivity contribution >= 4 is 34.5 Å². The molecule has 0 radical (unpaired) electrons. The normalized spacial score (nSPS) is 16.3. The Morgan fingerprint density at radius 3 is 2.50 bits per heavy atom. The minimum absolute atomic E-state index is 0.117. The molecule has 3 rings (SSSR count). The van der Waals surface area contributed by atoms with Crippen molar-refractivity contribution in [3.05, 3.63) is 64.8 Å². The molecule has 0 aliphatic carbocycles. The number of para-hydroxylation sites is 1. The number of benzene rings is 2. The first-order valence-electron chi connectivity index (χ1n) is 6.25. The molecule has 0 saturated carbocycles. The second kappa shape index (κ2) is 4.69. The van der Waals surface area contributed by atoms with E-state index in [-0.39, 0.29) is 5.91 Å². The topological polar surface area (TPSA) is 46.3 Å². The van der Waals surface area contributed by atoms with E-state index in [9.17, 15) is 4.79 Å². The molecule has 1 heterocycles. The summed E-state index contributed by atoms with van der Waals surface area (Å²) < 4.78 is 0. The monoisotopic (exact) mass is 284 g/mol. The van der Waals surface area contributed by atoms with Crippen molar-refractivity contribution in [3.63, 3.8) is 0 Å². The molecular weight excluding hydrogens is 272 g/mol. The van der Waals surface area contributed by atoms with Gasteiger partial charge in [-0.3, -0.25) is 9.69 Å². The van der Waals surface area contributed by atoms with Gasteiger partial charge in [0.2, 0.25) is 0 Å². The Balaban J connectivity index is 2.27. The fourth-order valence-corrected chi connectivity index (χ4v) is 2.62. The van der Waals surface area contributed by atoms with E-state index in [1.54, 1.807) is 24.0 Å². The van der Waals surface area contributed by atoms with Gasteiger partial charge < -0.3 is 5.73 Å². The SMILES string of the molecule is C/C(N)=C1\C(=O)N(c2ccccc2)c2cc(Cl)ccc21. The third-order valence-corrected chi connectivity index (χ3v) is 3.53. The molecule has 0 atom stereocenters. The number of rotatable bonds is 1. The number of fused-ring (bicyclic) bond motifs is 1. The molecule has 1 aliphatic rings. The molecule has 0 bridgehead atoms. The summed E-state index contributed by atoms with van der Waals surface area (Å²) >= 11 is 6.07. The number of nitrogens with zero attached hydrogens (tertiary/aromatic N) is 1. The molecule has 1 amide bonds. The lowest BCUT2D eigenvalue weighted by Crippen LogP contribution is -2.21. The van der Waals surface area contributed by atoms with Crippen molar-refractivity contribution in [1.29, 1.82) is 0 Å². The number of hydrogen-bond acceptors (Lipinski definition) is 2. The zero-order valence-electron chi connectivity index (χ0n) is 10.9. The first-order chi connectivity index (χ1) is 9.59. The number of carbonyl (C=O) groups excluding carboxylic acids is 1. The highest BCUT2D eigenvalue weighted by atomic mass is 35.5. The summed E-state index contributed by atoms with van der Waals surface area (Å²) in [6, 6.07) is 14.9. The number of amides is 1. The predicted octanol–water partition coefficient (Wildman–Crippen LogP) is 3.71. The number of anilines is 2. The average Bonchev–Trinajstić information content (AvgIpc) is 2.71. The van der Waals surface area contributed by atoms with Crippen LogP contribution in [0.3, 0.4) is 0 Å². The Bertz CT molecular complexity index is 719. The van der Waals surface area contributed by atoms with Crippen LogP contribution in [0.4, 0.5) is 11.4 Å². The molecule has 2 aromatic rings. The van der Waals surface area contributed by atoms with Crippen LogP contribution in [0.2, 0.25) is 5.02 Å². The van der Waals surface area contributed by atoms with Gasteiger partial charge in [0.15, 0.2) is 0 Å². The smallest absolute Gasteiger partial charge is 0.265 e. The lowest BCUT2D eigenvalue weighted by molar-refractivity contribution is -0.112. The highest BCUT2D eigenvalue weighted by molar-refractivity contribution is 6.37. The van der Waals surface area contributed by atoms with Gasteiger partial charge in [0.25, 0.3) is 5.91 Å². The maximum atomic E-state index is 12.7. The average molecular weight is 285 g/mol. The molecule has 1 aliphatic heterocycles. The first-order valence-corrected chi connectivity index (χ1v) is 6.63. The third-order valence-electron chi connectivity index (χ3n) is 3.30. The second-order valence-electron chi connectivity index (χ2n) is 4.70. The summed E-state index contributed by atoms with van der Waals surface area (Å²) in [6.07, 6.45) is 0. The first kappa shape index (κ1) is 12.8. The Kier molecular flexibility index (Phi) is 2.99. The summed E-state index contributed by atoms with van der Waals surface area (Å²) in [6.45, 7) is 1.74. The lowest BCUT2D eigenvalue weighted by atomic mass is 10.1. The summed E-state index contributed by atoms with van der Waals surface area (Å²) in [7, 11) is 0. The van der Waals surface area contributed by atoms with E-state index < -0.39 is 0 Å². The van der Waals surface area contributed by atoms with E-state index in [0.717, 1.165) is 16.9 Å². The molecule has 2 N–H and O–H groups in total. The maximum absolute atomic E-state index is 12.7.